The van der Waals surface area contributed by atoms with Crippen molar-refractivity contribution in [3.05, 3.63) is 23.3 Å². The van der Waals surface area contributed by atoms with Gasteiger partial charge in [0.2, 0.25) is 6.29 Å². The van der Waals surface area contributed by atoms with Crippen molar-refractivity contribution in [2.45, 2.75) is 58.7 Å². The normalized spacial score (nSPS) is 42.9. The van der Waals surface area contributed by atoms with Gasteiger partial charge in [-0.15, -0.1) is 0 Å². The maximum absolute atomic E-state index is 12.2. The van der Waals surface area contributed by atoms with Crippen molar-refractivity contribution in [2.24, 2.45) is 22.7 Å². The summed E-state index contributed by atoms with van der Waals surface area (Å²) in [6.07, 6.45) is 8.02. The summed E-state index contributed by atoms with van der Waals surface area (Å²) >= 11 is 0. The van der Waals surface area contributed by atoms with Crippen molar-refractivity contribution in [1.29, 1.82) is 0 Å². The first kappa shape index (κ1) is 16.8. The van der Waals surface area contributed by atoms with Crippen LogP contribution in [0.5, 0.6) is 0 Å². The Kier molecular flexibility index (Phi) is 3.83. The van der Waals surface area contributed by atoms with E-state index in [4.69, 9.17) is 9.47 Å². The molecule has 0 aromatic heterocycles. The SMILES string of the molecule is C[C@@H]1CC[C@@]23COC(=O)C2=CCCC3[C@@]1(C)CCC1=CC(=O)OC1O. The van der Waals surface area contributed by atoms with Crippen LogP contribution in [0.4, 0.5) is 0 Å². The van der Waals surface area contributed by atoms with Gasteiger partial charge < -0.3 is 14.6 Å². The van der Waals surface area contributed by atoms with Crippen LogP contribution >= 0.6 is 0 Å². The lowest BCUT2D eigenvalue weighted by Gasteiger charge is -2.56. The van der Waals surface area contributed by atoms with Crippen molar-refractivity contribution >= 4 is 11.9 Å². The summed E-state index contributed by atoms with van der Waals surface area (Å²) in [5.41, 5.74) is 1.48. The lowest BCUT2D eigenvalue weighted by molar-refractivity contribution is -0.151. The van der Waals surface area contributed by atoms with Gasteiger partial charge in [-0.1, -0.05) is 19.9 Å². The molecule has 25 heavy (non-hydrogen) atoms. The van der Waals surface area contributed by atoms with Crippen LogP contribution in [0.1, 0.15) is 52.4 Å². The Morgan fingerprint density at radius 1 is 1.32 bits per heavy atom. The monoisotopic (exact) mass is 346 g/mol. The van der Waals surface area contributed by atoms with Gasteiger partial charge in [0, 0.05) is 22.6 Å². The van der Waals surface area contributed by atoms with Crippen LogP contribution in [0.3, 0.4) is 0 Å². The summed E-state index contributed by atoms with van der Waals surface area (Å²) in [4.78, 5) is 23.6. The molecule has 4 rings (SSSR count). The summed E-state index contributed by atoms with van der Waals surface area (Å²) in [6.45, 7) is 5.13. The van der Waals surface area contributed by atoms with Crippen LogP contribution in [0, 0.1) is 22.7 Å². The first-order chi connectivity index (χ1) is 11.9. The summed E-state index contributed by atoms with van der Waals surface area (Å²) < 4.78 is 10.3. The molecule has 1 N–H and O–H groups in total. The van der Waals surface area contributed by atoms with Crippen molar-refractivity contribution in [3.63, 3.8) is 0 Å². The van der Waals surface area contributed by atoms with Crippen LogP contribution in [-0.2, 0) is 19.1 Å². The molecule has 0 bridgehead atoms. The number of cyclic esters (lactones) is 2. The number of allylic oxidation sites excluding steroid dienone is 1. The molecule has 5 nitrogen and oxygen atoms in total. The zero-order valence-electron chi connectivity index (χ0n) is 14.9. The Morgan fingerprint density at radius 3 is 2.84 bits per heavy atom. The minimum absolute atomic E-state index is 0.0396. The average molecular weight is 346 g/mol. The van der Waals surface area contributed by atoms with E-state index in [2.05, 4.69) is 19.9 Å². The minimum Gasteiger partial charge on any atom is -0.461 e. The molecule has 0 aromatic carbocycles. The van der Waals surface area contributed by atoms with Crippen molar-refractivity contribution in [1.82, 2.24) is 0 Å². The van der Waals surface area contributed by atoms with E-state index in [-0.39, 0.29) is 16.8 Å². The van der Waals surface area contributed by atoms with Crippen LogP contribution in [0.25, 0.3) is 0 Å². The topological polar surface area (TPSA) is 72.8 Å². The zero-order valence-corrected chi connectivity index (χ0v) is 14.9. The molecule has 0 aromatic rings. The van der Waals surface area contributed by atoms with E-state index in [1.54, 1.807) is 0 Å². The molecule has 5 heteroatoms. The van der Waals surface area contributed by atoms with Crippen LogP contribution in [-0.4, -0.2) is 29.9 Å². The number of esters is 2. The van der Waals surface area contributed by atoms with E-state index in [1.165, 1.54) is 6.08 Å². The Hall–Kier alpha value is -1.62. The van der Waals surface area contributed by atoms with Gasteiger partial charge in [0.1, 0.15) is 6.61 Å². The lowest BCUT2D eigenvalue weighted by Crippen LogP contribution is -2.51. The number of carbonyl (C=O) groups is 2. The molecule has 4 aliphatic rings. The first-order valence-corrected chi connectivity index (χ1v) is 9.34. The first-order valence-electron chi connectivity index (χ1n) is 9.34. The Morgan fingerprint density at radius 2 is 2.12 bits per heavy atom. The number of aliphatic hydroxyl groups excluding tert-OH is 1. The van der Waals surface area contributed by atoms with Crippen LogP contribution in [0.15, 0.2) is 23.3 Å². The molecule has 136 valence electrons. The van der Waals surface area contributed by atoms with Gasteiger partial charge in [-0.3, -0.25) is 0 Å². The largest absolute Gasteiger partial charge is 0.461 e. The second kappa shape index (κ2) is 5.70. The summed E-state index contributed by atoms with van der Waals surface area (Å²) in [6, 6.07) is 0. The molecule has 0 radical (unpaired) electrons. The maximum atomic E-state index is 12.2. The zero-order chi connectivity index (χ0) is 17.8. The molecule has 2 aliphatic heterocycles. The average Bonchev–Trinajstić information content (AvgIpc) is 3.09. The molecule has 1 saturated heterocycles. The highest BCUT2D eigenvalue weighted by Gasteiger charge is 2.60. The number of carbonyl (C=O) groups excluding carboxylic acids is 2. The predicted molar refractivity (Wildman–Crippen MR) is 90.1 cm³/mol. The highest BCUT2D eigenvalue weighted by molar-refractivity contribution is 5.92. The molecule has 2 heterocycles. The quantitative estimate of drug-likeness (QED) is 0.796. The number of aliphatic hydroxyl groups is 1. The highest BCUT2D eigenvalue weighted by Crippen LogP contribution is 2.64. The number of hydrogen-bond donors (Lipinski definition) is 1. The van der Waals surface area contributed by atoms with E-state index >= 15 is 0 Å². The number of hydrogen-bond acceptors (Lipinski definition) is 5. The molecule has 2 fully saturated rings. The van der Waals surface area contributed by atoms with E-state index in [0.717, 1.165) is 37.7 Å². The molecule has 2 unspecified atom stereocenters. The van der Waals surface area contributed by atoms with Crippen molar-refractivity contribution in [2.75, 3.05) is 6.61 Å². The van der Waals surface area contributed by atoms with Crippen molar-refractivity contribution in [3.8, 4) is 0 Å². The van der Waals surface area contributed by atoms with E-state index in [1.807, 2.05) is 0 Å². The molecular formula is C20H26O5. The molecule has 5 atom stereocenters. The second-order valence-electron chi connectivity index (χ2n) is 8.43. The third-order valence-corrected chi connectivity index (χ3v) is 7.43. The molecule has 1 saturated carbocycles. The van der Waals surface area contributed by atoms with E-state index < -0.39 is 12.3 Å². The standard InChI is InChI=1S/C20H26O5/c1-12-6-9-20-11-24-18(23)14(20)4-3-5-15(20)19(12,2)8-7-13-10-16(21)25-17(13)22/h4,10,12,15,17,22H,3,5-9,11H2,1-2H3/t12-,15?,17?,19+,20-/m1/s1. The van der Waals surface area contributed by atoms with Gasteiger partial charge in [0.15, 0.2) is 0 Å². The number of rotatable bonds is 3. The Bertz CT molecular complexity index is 678. The van der Waals surface area contributed by atoms with Crippen LogP contribution in [0.2, 0.25) is 0 Å². The fraction of sp³-hybridized carbons (Fsp3) is 0.700. The third kappa shape index (κ3) is 2.39. The highest BCUT2D eigenvalue weighted by atomic mass is 16.6. The Balaban J connectivity index is 1.61. The number of ether oxygens (including phenoxy) is 2. The van der Waals surface area contributed by atoms with Gasteiger partial charge in [-0.05, 0) is 55.8 Å². The van der Waals surface area contributed by atoms with Gasteiger partial charge >= 0.3 is 11.9 Å². The van der Waals surface area contributed by atoms with Gasteiger partial charge in [-0.2, -0.15) is 0 Å². The molecule has 0 amide bonds. The Labute approximate surface area is 148 Å². The fourth-order valence-electron chi connectivity index (χ4n) is 5.76. The predicted octanol–water partition coefficient (Wildman–Crippen LogP) is 2.88. The van der Waals surface area contributed by atoms with Crippen LogP contribution < -0.4 is 0 Å². The maximum Gasteiger partial charge on any atom is 0.334 e. The van der Waals surface area contributed by atoms with Gasteiger partial charge in [0.05, 0.1) is 0 Å². The summed E-state index contributed by atoms with van der Waals surface area (Å²) in [5, 5.41) is 9.87. The van der Waals surface area contributed by atoms with Gasteiger partial charge in [0.25, 0.3) is 0 Å². The van der Waals surface area contributed by atoms with Gasteiger partial charge in [-0.25, -0.2) is 9.59 Å². The minimum atomic E-state index is -1.10. The molecule has 2 aliphatic carbocycles. The molecule has 1 spiro atoms. The molecular weight excluding hydrogens is 320 g/mol. The third-order valence-electron chi connectivity index (χ3n) is 7.43. The van der Waals surface area contributed by atoms with Crippen molar-refractivity contribution < 1.29 is 24.2 Å². The fourth-order valence-corrected chi connectivity index (χ4v) is 5.76. The van der Waals surface area contributed by atoms with E-state index in [9.17, 15) is 14.7 Å². The lowest BCUT2D eigenvalue weighted by atomic mass is 9.47. The summed E-state index contributed by atoms with van der Waals surface area (Å²) in [5.74, 6) is 0.327. The smallest absolute Gasteiger partial charge is 0.334 e. The van der Waals surface area contributed by atoms with E-state index in [0.29, 0.717) is 30.4 Å². The second-order valence-corrected chi connectivity index (χ2v) is 8.43. The summed E-state index contributed by atoms with van der Waals surface area (Å²) in [7, 11) is 0.